The minimum atomic E-state index is -1.36. The van der Waals surface area contributed by atoms with E-state index in [-0.39, 0.29) is 31.0 Å². The number of amides is 5. The molecule has 0 unspecified atom stereocenters. The van der Waals surface area contributed by atoms with Gasteiger partial charge in [0.2, 0.25) is 5.91 Å². The predicted octanol–water partition coefficient (Wildman–Crippen LogP) is 7.33. The minimum absolute atomic E-state index is 0.106. The van der Waals surface area contributed by atoms with E-state index in [1.807, 2.05) is 61.7 Å². The van der Waals surface area contributed by atoms with Crippen LogP contribution in [0.3, 0.4) is 0 Å². The van der Waals surface area contributed by atoms with Gasteiger partial charge in [0.1, 0.15) is 17.2 Å². The lowest BCUT2D eigenvalue weighted by Gasteiger charge is -2.53. The highest BCUT2D eigenvalue weighted by Crippen LogP contribution is 2.54. The van der Waals surface area contributed by atoms with Crippen molar-refractivity contribution in [3.05, 3.63) is 65.9 Å². The molecule has 4 fully saturated rings. The van der Waals surface area contributed by atoms with Crippen LogP contribution < -0.4 is 26.6 Å². The van der Waals surface area contributed by atoms with E-state index < -0.39 is 29.4 Å². The number of ether oxygens (including phenoxy) is 2. The number of H-pyrrole nitrogens is 1. The molecule has 5 amide bonds. The van der Waals surface area contributed by atoms with Crippen LogP contribution in [0.4, 0.5) is 20.1 Å². The number of para-hydroxylation sites is 2. The zero-order chi connectivity index (χ0) is 38.5. The second-order valence-electron chi connectivity index (χ2n) is 17.0. The van der Waals surface area contributed by atoms with Crippen molar-refractivity contribution in [1.82, 2.24) is 26.3 Å². The number of carbonyl (C=O) groups excluding carboxylic acids is 4. The number of rotatable bonds is 14. The molecule has 54 heavy (non-hydrogen) atoms. The fourth-order valence-corrected chi connectivity index (χ4v) is 8.99. The van der Waals surface area contributed by atoms with Crippen molar-refractivity contribution < 1.29 is 28.7 Å². The molecule has 12 nitrogen and oxygen atoms in total. The van der Waals surface area contributed by atoms with Crippen LogP contribution in [0.2, 0.25) is 0 Å². The second kappa shape index (κ2) is 16.7. The van der Waals surface area contributed by atoms with Gasteiger partial charge in [-0.3, -0.25) is 4.79 Å². The highest BCUT2D eigenvalue weighted by Gasteiger charge is 2.50. The Morgan fingerprint density at radius 2 is 1.54 bits per heavy atom. The Morgan fingerprint density at radius 1 is 0.852 bits per heavy atom. The van der Waals surface area contributed by atoms with Gasteiger partial charge >= 0.3 is 18.2 Å². The molecule has 1 aromatic heterocycles. The SMILES string of the molecule is Cc1ccccc1NC(=O)NCCCC[C@H](CNC(=O)[C@](C)(Cc1c[nH]c2ccccc12)NC(=O)OC1C2CC3CC(C2)CC1C3)NC(=O)OC(C)(C)C. The Bertz CT molecular complexity index is 1770. The van der Waals surface area contributed by atoms with E-state index in [4.69, 9.17) is 9.47 Å². The van der Waals surface area contributed by atoms with Crippen LogP contribution in [-0.4, -0.2) is 65.5 Å². The molecule has 6 N–H and O–H groups in total. The largest absolute Gasteiger partial charge is 0.446 e. The minimum Gasteiger partial charge on any atom is -0.446 e. The van der Waals surface area contributed by atoms with Crippen LogP contribution in [0.1, 0.15) is 90.2 Å². The quantitative estimate of drug-likeness (QED) is 0.0948. The van der Waals surface area contributed by atoms with Gasteiger partial charge in [0.05, 0.1) is 0 Å². The Labute approximate surface area is 318 Å². The number of anilines is 1. The number of unbranched alkanes of at least 4 members (excludes halogenated alkanes) is 1. The summed E-state index contributed by atoms with van der Waals surface area (Å²) in [6, 6.07) is 14.7. The molecule has 0 aliphatic heterocycles. The lowest BCUT2D eigenvalue weighted by Crippen LogP contribution is -2.61. The molecular formula is C42H58N6O6. The zero-order valence-corrected chi connectivity index (χ0v) is 32.4. The zero-order valence-electron chi connectivity index (χ0n) is 32.4. The summed E-state index contributed by atoms with van der Waals surface area (Å²) < 4.78 is 11.7. The average Bonchev–Trinajstić information content (AvgIpc) is 3.50. The van der Waals surface area contributed by atoms with Gasteiger partial charge in [-0.05, 0) is 133 Å². The van der Waals surface area contributed by atoms with E-state index in [0.29, 0.717) is 37.6 Å². The lowest BCUT2D eigenvalue weighted by atomic mass is 9.55. The van der Waals surface area contributed by atoms with Crippen molar-refractivity contribution in [2.45, 2.75) is 116 Å². The summed E-state index contributed by atoms with van der Waals surface area (Å²) in [4.78, 5) is 56.6. The van der Waals surface area contributed by atoms with Gasteiger partial charge in [-0.15, -0.1) is 0 Å². The van der Waals surface area contributed by atoms with Crippen molar-refractivity contribution in [1.29, 1.82) is 0 Å². The van der Waals surface area contributed by atoms with Crippen LogP contribution in [0.15, 0.2) is 54.7 Å². The van der Waals surface area contributed by atoms with E-state index in [9.17, 15) is 19.2 Å². The molecule has 0 saturated heterocycles. The number of aromatic amines is 1. The van der Waals surface area contributed by atoms with Crippen molar-refractivity contribution in [3.63, 3.8) is 0 Å². The molecule has 4 saturated carbocycles. The van der Waals surface area contributed by atoms with Gasteiger partial charge in [0.15, 0.2) is 0 Å². The van der Waals surface area contributed by atoms with Crippen molar-refractivity contribution in [3.8, 4) is 0 Å². The molecular weight excluding hydrogens is 684 g/mol. The number of aryl methyl sites for hydroxylation is 1. The molecule has 4 aliphatic rings. The predicted molar refractivity (Wildman–Crippen MR) is 209 cm³/mol. The summed E-state index contributed by atoms with van der Waals surface area (Å²) >= 11 is 0. The fourth-order valence-electron chi connectivity index (χ4n) is 8.99. The summed E-state index contributed by atoms with van der Waals surface area (Å²) in [7, 11) is 0. The standard InChI is InChI=1S/C42H58N6O6/c1-26-12-6-8-15-34(26)47-38(50)43-17-11-10-13-32(46-39(51)54-41(2,3)4)25-45-37(49)42(5,23-31-24-44-35-16-9-7-14-33(31)35)48-40(52)53-36-29-19-27-18-28(21-29)22-30(36)20-27/h6-9,12,14-16,24,27-30,32,36,44H,10-11,13,17-23,25H2,1-5H3,(H,45,49)(H,46,51)(H,48,52)(H2,43,47,50)/t27?,28?,29?,30?,32-,36?,42+/m1/s1. The third-order valence-corrected chi connectivity index (χ3v) is 11.4. The molecule has 7 rings (SSSR count). The second-order valence-corrected chi connectivity index (χ2v) is 17.0. The van der Waals surface area contributed by atoms with E-state index in [0.717, 1.165) is 65.2 Å². The monoisotopic (exact) mass is 742 g/mol. The maximum absolute atomic E-state index is 14.3. The molecule has 292 valence electrons. The van der Waals surface area contributed by atoms with Gasteiger partial charge in [-0.25, -0.2) is 14.4 Å². The molecule has 12 heteroatoms. The summed E-state index contributed by atoms with van der Waals surface area (Å²) in [5.74, 6) is 1.88. The van der Waals surface area contributed by atoms with Gasteiger partial charge < -0.3 is 41.0 Å². The smallest absolute Gasteiger partial charge is 0.408 e. The normalized spacial score (nSPS) is 23.2. The summed E-state index contributed by atoms with van der Waals surface area (Å²) in [5, 5.41) is 15.7. The number of urea groups is 1. The number of carbonyl (C=O) groups is 4. The first-order valence-corrected chi connectivity index (χ1v) is 19.7. The van der Waals surface area contributed by atoms with Crippen molar-refractivity contribution in [2.24, 2.45) is 23.7 Å². The third kappa shape index (κ3) is 10.1. The highest BCUT2D eigenvalue weighted by molar-refractivity contribution is 5.92. The number of nitrogens with one attached hydrogen (secondary N) is 6. The molecule has 1 heterocycles. The Hall–Kier alpha value is -4.74. The van der Waals surface area contributed by atoms with E-state index in [2.05, 4.69) is 31.6 Å². The van der Waals surface area contributed by atoms with Crippen molar-refractivity contribution in [2.75, 3.05) is 18.4 Å². The van der Waals surface area contributed by atoms with E-state index in [1.54, 1.807) is 27.7 Å². The number of aromatic nitrogens is 1. The van der Waals surface area contributed by atoms with E-state index in [1.165, 1.54) is 6.42 Å². The van der Waals surface area contributed by atoms with Crippen LogP contribution >= 0.6 is 0 Å². The maximum atomic E-state index is 14.3. The Kier molecular flexibility index (Phi) is 12.1. The number of hydrogen-bond acceptors (Lipinski definition) is 6. The van der Waals surface area contributed by atoms with Crippen LogP contribution in [0.25, 0.3) is 10.9 Å². The highest BCUT2D eigenvalue weighted by atomic mass is 16.6. The van der Waals surface area contributed by atoms with Crippen LogP contribution in [0.5, 0.6) is 0 Å². The summed E-state index contributed by atoms with van der Waals surface area (Å²) in [5.41, 5.74) is 1.48. The number of benzene rings is 2. The van der Waals surface area contributed by atoms with Gasteiger partial charge in [-0.2, -0.15) is 0 Å². The fraction of sp³-hybridized carbons (Fsp3) is 0.571. The molecule has 2 aromatic carbocycles. The first-order chi connectivity index (χ1) is 25.7. The summed E-state index contributed by atoms with van der Waals surface area (Å²) in [6.45, 7) is 9.58. The van der Waals surface area contributed by atoms with E-state index >= 15 is 0 Å². The lowest BCUT2D eigenvalue weighted by molar-refractivity contribution is -0.128. The average molecular weight is 743 g/mol. The van der Waals surface area contributed by atoms with Crippen LogP contribution in [-0.2, 0) is 20.7 Å². The first-order valence-electron chi connectivity index (χ1n) is 19.7. The van der Waals surface area contributed by atoms with Crippen LogP contribution in [0, 0.1) is 30.6 Å². The molecule has 2 atom stereocenters. The number of fused-ring (bicyclic) bond motifs is 1. The number of alkyl carbamates (subject to hydrolysis) is 2. The molecule has 4 aliphatic carbocycles. The third-order valence-electron chi connectivity index (χ3n) is 11.4. The Balaban J connectivity index is 1.09. The molecule has 0 radical (unpaired) electrons. The van der Waals surface area contributed by atoms with Crippen molar-refractivity contribution >= 4 is 40.7 Å². The first kappa shape index (κ1) is 39.0. The van der Waals surface area contributed by atoms with Gasteiger partial charge in [0, 0.05) is 48.3 Å². The molecule has 0 spiro atoms. The molecule has 3 aromatic rings. The number of hydrogen-bond donors (Lipinski definition) is 6. The topological polar surface area (TPSA) is 163 Å². The summed E-state index contributed by atoms with van der Waals surface area (Å²) in [6.07, 6.45) is 8.39. The Morgan fingerprint density at radius 3 is 2.24 bits per heavy atom. The van der Waals surface area contributed by atoms with Gasteiger partial charge in [0.25, 0.3) is 0 Å². The maximum Gasteiger partial charge on any atom is 0.408 e. The molecule has 4 bridgehead atoms. The van der Waals surface area contributed by atoms with Gasteiger partial charge in [-0.1, -0.05) is 36.4 Å².